The van der Waals surface area contributed by atoms with Crippen LogP contribution in [0.25, 0.3) is 5.57 Å². The minimum Gasteiger partial charge on any atom is -0.289 e. The molecule has 1 N–H and O–H groups in total. The molecule has 0 atom stereocenters. The van der Waals surface area contributed by atoms with Gasteiger partial charge in [-0.25, -0.2) is 0 Å². The number of hydrogen-bond donors (Lipinski definition) is 1. The molecule has 2 amide bonds. The molecule has 0 spiro atoms. The van der Waals surface area contributed by atoms with E-state index in [-0.39, 0.29) is 15.6 Å². The minimum atomic E-state index is -0.495. The van der Waals surface area contributed by atoms with E-state index in [1.165, 1.54) is 12.1 Å². The zero-order valence-electron chi connectivity index (χ0n) is 7.68. The Morgan fingerprint density at radius 2 is 1.69 bits per heavy atom. The molecule has 1 aliphatic rings. The number of halogens is 3. The van der Waals surface area contributed by atoms with Crippen LogP contribution in [0.15, 0.2) is 18.2 Å². The fourth-order valence-corrected chi connectivity index (χ4v) is 1.98. The van der Waals surface area contributed by atoms with Crippen molar-refractivity contribution in [1.29, 1.82) is 0 Å². The highest BCUT2D eigenvalue weighted by atomic mass is 35.5. The molecule has 0 aromatic heterocycles. The summed E-state index contributed by atoms with van der Waals surface area (Å²) in [5.74, 6) is -0.965. The lowest BCUT2D eigenvalue weighted by Gasteiger charge is -2.06. The molecule has 1 aliphatic heterocycles. The zero-order valence-corrected chi connectivity index (χ0v) is 9.95. The summed E-state index contributed by atoms with van der Waals surface area (Å²) < 4.78 is 0. The molecule has 0 aliphatic carbocycles. The molecule has 0 saturated carbocycles. The summed E-state index contributed by atoms with van der Waals surface area (Å²) in [5.41, 5.74) is 0.577. The second-order valence-corrected chi connectivity index (χ2v) is 4.26. The molecular weight excluding hydrogens is 272 g/mol. The number of rotatable bonds is 1. The zero-order chi connectivity index (χ0) is 11.9. The maximum atomic E-state index is 11.4. The molecule has 0 radical (unpaired) electrons. The van der Waals surface area contributed by atoms with E-state index in [1.807, 2.05) is 0 Å². The van der Waals surface area contributed by atoms with Crippen LogP contribution in [0.1, 0.15) is 5.56 Å². The highest BCUT2D eigenvalue weighted by molar-refractivity contribution is 6.49. The van der Waals surface area contributed by atoms with Crippen LogP contribution >= 0.6 is 34.8 Å². The van der Waals surface area contributed by atoms with Crippen molar-refractivity contribution in [2.24, 2.45) is 0 Å². The Morgan fingerprint density at radius 3 is 2.25 bits per heavy atom. The van der Waals surface area contributed by atoms with Gasteiger partial charge in [0.2, 0.25) is 0 Å². The van der Waals surface area contributed by atoms with E-state index < -0.39 is 11.8 Å². The minimum absolute atomic E-state index is 0.158. The van der Waals surface area contributed by atoms with Crippen LogP contribution in [0.3, 0.4) is 0 Å². The van der Waals surface area contributed by atoms with E-state index in [0.717, 1.165) is 0 Å². The van der Waals surface area contributed by atoms with Gasteiger partial charge in [-0.2, -0.15) is 0 Å². The third-order valence-corrected chi connectivity index (χ3v) is 3.38. The standard InChI is InChI=1S/C10H4Cl3NO2/c11-6-2-1-4(8(12)9(6)13)5-3-7(15)14-10(5)16/h1-3H,(H,14,15,16). The Morgan fingerprint density at radius 1 is 1.00 bits per heavy atom. The smallest absolute Gasteiger partial charge is 0.258 e. The van der Waals surface area contributed by atoms with Gasteiger partial charge < -0.3 is 0 Å². The summed E-state index contributed by atoms with van der Waals surface area (Å²) in [4.78, 5) is 22.4. The summed E-state index contributed by atoms with van der Waals surface area (Å²) in [6, 6.07) is 3.06. The third-order valence-electron chi connectivity index (χ3n) is 2.08. The number of amides is 2. The molecule has 0 unspecified atom stereocenters. The lowest BCUT2D eigenvalue weighted by atomic mass is 10.1. The van der Waals surface area contributed by atoms with Crippen LogP contribution in [0.2, 0.25) is 15.1 Å². The fraction of sp³-hybridized carbons (Fsp3) is 0. The second-order valence-electron chi connectivity index (χ2n) is 3.10. The van der Waals surface area contributed by atoms with Gasteiger partial charge >= 0.3 is 0 Å². The maximum absolute atomic E-state index is 11.4. The second kappa shape index (κ2) is 4.09. The topological polar surface area (TPSA) is 46.2 Å². The van der Waals surface area contributed by atoms with Gasteiger partial charge in [0.1, 0.15) is 0 Å². The summed E-state index contributed by atoms with van der Waals surface area (Å²) >= 11 is 17.5. The highest BCUT2D eigenvalue weighted by Gasteiger charge is 2.25. The predicted octanol–water partition coefficient (Wildman–Crippen LogP) is 2.69. The summed E-state index contributed by atoms with van der Waals surface area (Å²) in [7, 11) is 0. The van der Waals surface area contributed by atoms with Gasteiger partial charge in [0.15, 0.2) is 0 Å². The van der Waals surface area contributed by atoms with E-state index in [2.05, 4.69) is 5.32 Å². The van der Waals surface area contributed by atoms with Crippen molar-refractivity contribution in [3.63, 3.8) is 0 Å². The Hall–Kier alpha value is -1.03. The quantitative estimate of drug-likeness (QED) is 0.633. The molecule has 82 valence electrons. The molecule has 0 saturated heterocycles. The molecule has 1 aromatic rings. The van der Waals surface area contributed by atoms with Gasteiger partial charge in [-0.1, -0.05) is 40.9 Å². The van der Waals surface area contributed by atoms with Crippen LogP contribution in [0, 0.1) is 0 Å². The fourth-order valence-electron chi connectivity index (χ4n) is 1.35. The number of benzene rings is 1. The largest absolute Gasteiger partial charge is 0.289 e. The van der Waals surface area contributed by atoms with E-state index in [1.54, 1.807) is 6.07 Å². The number of carbonyl (C=O) groups is 2. The Balaban J connectivity index is 2.58. The number of nitrogens with one attached hydrogen (secondary N) is 1. The lowest BCUT2D eigenvalue weighted by molar-refractivity contribution is -0.123. The van der Waals surface area contributed by atoms with Crippen molar-refractivity contribution >= 4 is 52.2 Å². The van der Waals surface area contributed by atoms with Crippen molar-refractivity contribution in [3.8, 4) is 0 Å². The summed E-state index contributed by atoms with van der Waals surface area (Å²) in [6.45, 7) is 0. The van der Waals surface area contributed by atoms with Crippen LogP contribution in [-0.4, -0.2) is 11.8 Å². The van der Waals surface area contributed by atoms with Gasteiger partial charge in [0.05, 0.1) is 20.6 Å². The summed E-state index contributed by atoms with van der Waals surface area (Å²) in [5, 5.41) is 2.73. The number of imide groups is 1. The van der Waals surface area contributed by atoms with Gasteiger partial charge in [0, 0.05) is 11.6 Å². The summed E-state index contributed by atoms with van der Waals surface area (Å²) in [6.07, 6.45) is 1.17. The molecule has 3 nitrogen and oxygen atoms in total. The van der Waals surface area contributed by atoms with Gasteiger partial charge in [-0.3, -0.25) is 14.9 Å². The SMILES string of the molecule is O=C1C=C(c2ccc(Cl)c(Cl)c2Cl)C(=O)N1. The molecule has 16 heavy (non-hydrogen) atoms. The Bertz CT molecular complexity index is 537. The van der Waals surface area contributed by atoms with Crippen molar-refractivity contribution in [1.82, 2.24) is 5.32 Å². The lowest BCUT2D eigenvalue weighted by Crippen LogP contribution is -2.21. The molecule has 6 heteroatoms. The number of carbonyl (C=O) groups excluding carboxylic acids is 2. The van der Waals surface area contributed by atoms with Crippen molar-refractivity contribution in [3.05, 3.63) is 38.8 Å². The number of hydrogen-bond acceptors (Lipinski definition) is 2. The van der Waals surface area contributed by atoms with Crippen LogP contribution in [-0.2, 0) is 9.59 Å². The average molecular weight is 277 g/mol. The van der Waals surface area contributed by atoms with Crippen molar-refractivity contribution < 1.29 is 9.59 Å². The molecule has 2 rings (SSSR count). The Labute approximate surface area is 106 Å². The molecule has 0 bridgehead atoms. The van der Waals surface area contributed by atoms with Crippen LogP contribution in [0.4, 0.5) is 0 Å². The monoisotopic (exact) mass is 275 g/mol. The third kappa shape index (κ3) is 1.82. The van der Waals surface area contributed by atoms with Crippen LogP contribution < -0.4 is 5.32 Å². The molecular formula is C10H4Cl3NO2. The predicted molar refractivity (Wildman–Crippen MR) is 62.6 cm³/mol. The van der Waals surface area contributed by atoms with E-state index in [9.17, 15) is 9.59 Å². The highest BCUT2D eigenvalue weighted by Crippen LogP contribution is 2.36. The van der Waals surface area contributed by atoms with Crippen molar-refractivity contribution in [2.75, 3.05) is 0 Å². The Kier molecular flexibility index (Phi) is 2.93. The molecule has 0 fully saturated rings. The van der Waals surface area contributed by atoms with Gasteiger partial charge in [-0.15, -0.1) is 0 Å². The van der Waals surface area contributed by atoms with E-state index in [0.29, 0.717) is 10.6 Å². The van der Waals surface area contributed by atoms with Crippen molar-refractivity contribution in [2.45, 2.75) is 0 Å². The first-order valence-corrected chi connectivity index (χ1v) is 5.35. The first-order valence-electron chi connectivity index (χ1n) is 4.21. The normalized spacial score (nSPS) is 15.1. The molecule has 1 heterocycles. The maximum Gasteiger partial charge on any atom is 0.258 e. The molecule has 1 aromatic carbocycles. The van der Waals surface area contributed by atoms with Crippen LogP contribution in [0.5, 0.6) is 0 Å². The van der Waals surface area contributed by atoms with Gasteiger partial charge in [-0.05, 0) is 6.07 Å². The van der Waals surface area contributed by atoms with E-state index in [4.69, 9.17) is 34.8 Å². The van der Waals surface area contributed by atoms with E-state index >= 15 is 0 Å². The first kappa shape index (κ1) is 11.5. The first-order chi connectivity index (χ1) is 7.50. The van der Waals surface area contributed by atoms with Gasteiger partial charge in [0.25, 0.3) is 11.8 Å². The average Bonchev–Trinajstić information content (AvgIpc) is 2.55.